The van der Waals surface area contributed by atoms with E-state index in [1.54, 1.807) is 11.8 Å². The molecule has 2 rings (SSSR count). The second-order valence-corrected chi connectivity index (χ2v) is 7.53. The van der Waals surface area contributed by atoms with E-state index < -0.39 is 0 Å². The number of carbonyl (C=O) groups excluding carboxylic acids is 2. The Balaban J connectivity index is 2.12. The van der Waals surface area contributed by atoms with E-state index in [1.165, 1.54) is 17.7 Å². The van der Waals surface area contributed by atoms with Crippen LogP contribution in [0.2, 0.25) is 0 Å². The van der Waals surface area contributed by atoms with Gasteiger partial charge in [-0.2, -0.15) is 0 Å². The number of piperazine rings is 1. The van der Waals surface area contributed by atoms with E-state index in [2.05, 4.69) is 13.8 Å². The van der Waals surface area contributed by atoms with Crippen molar-refractivity contribution in [3.8, 4) is 0 Å². The predicted molar refractivity (Wildman–Crippen MR) is 87.8 cm³/mol. The van der Waals surface area contributed by atoms with E-state index in [9.17, 15) is 9.59 Å². The fourth-order valence-electron chi connectivity index (χ4n) is 3.66. The minimum Gasteiger partial charge on any atom is -0.462 e. The van der Waals surface area contributed by atoms with Crippen LogP contribution >= 0.6 is 11.8 Å². The largest absolute Gasteiger partial charge is 0.462 e. The third-order valence-corrected chi connectivity index (χ3v) is 6.44. The molecule has 126 valence electrons. The highest BCUT2D eigenvalue weighted by Gasteiger charge is 2.54. The van der Waals surface area contributed by atoms with E-state index in [-0.39, 0.29) is 22.8 Å². The van der Waals surface area contributed by atoms with Crippen LogP contribution in [0.15, 0.2) is 0 Å². The van der Waals surface area contributed by atoms with E-state index in [0.717, 1.165) is 25.9 Å². The first-order chi connectivity index (χ1) is 10.5. The number of carbonyl (C=O) groups is 2. The summed E-state index contributed by atoms with van der Waals surface area (Å²) in [6.07, 6.45) is 4.59. The van der Waals surface area contributed by atoms with Crippen molar-refractivity contribution in [2.75, 3.05) is 32.0 Å². The van der Waals surface area contributed by atoms with Gasteiger partial charge in [0.05, 0.1) is 25.4 Å². The quantitative estimate of drug-likeness (QED) is 0.551. The molecule has 3 atom stereocenters. The molecule has 2 saturated heterocycles. The molecule has 1 N–H and O–H groups in total. The van der Waals surface area contributed by atoms with Gasteiger partial charge in [-0.3, -0.25) is 4.79 Å². The van der Waals surface area contributed by atoms with Gasteiger partial charge in [0.1, 0.15) is 10.9 Å². The number of amides is 1. The highest BCUT2D eigenvalue weighted by molar-refractivity contribution is 8.01. The van der Waals surface area contributed by atoms with E-state index in [1.807, 2.05) is 11.8 Å². The SMILES string of the molecule is CCCCC[C@@]1(C)[C@@H]2SCC(=O)N2CC[NH+]1CC(=O)OCC. The van der Waals surface area contributed by atoms with Crippen molar-refractivity contribution in [3.05, 3.63) is 0 Å². The fourth-order valence-corrected chi connectivity index (χ4v) is 5.18. The summed E-state index contributed by atoms with van der Waals surface area (Å²) < 4.78 is 5.15. The zero-order valence-corrected chi connectivity index (χ0v) is 14.8. The summed E-state index contributed by atoms with van der Waals surface area (Å²) in [5.74, 6) is 0.717. The highest BCUT2D eigenvalue weighted by Crippen LogP contribution is 2.35. The lowest BCUT2D eigenvalue weighted by atomic mass is 9.89. The molecule has 0 aromatic rings. The minimum atomic E-state index is -0.123. The summed E-state index contributed by atoms with van der Waals surface area (Å²) in [6.45, 7) is 8.74. The Morgan fingerprint density at radius 2 is 2.23 bits per heavy atom. The molecule has 2 aliphatic rings. The summed E-state index contributed by atoms with van der Waals surface area (Å²) in [5, 5.41) is 0.204. The van der Waals surface area contributed by atoms with Gasteiger partial charge >= 0.3 is 5.97 Å². The second kappa shape index (κ2) is 7.68. The van der Waals surface area contributed by atoms with Gasteiger partial charge in [0.15, 0.2) is 6.54 Å². The van der Waals surface area contributed by atoms with Crippen molar-refractivity contribution < 1.29 is 19.2 Å². The zero-order chi connectivity index (χ0) is 16.2. The topological polar surface area (TPSA) is 51.1 Å². The van der Waals surface area contributed by atoms with E-state index in [0.29, 0.717) is 18.9 Å². The Bertz CT molecular complexity index is 418. The van der Waals surface area contributed by atoms with Crippen molar-refractivity contribution in [1.82, 2.24) is 4.90 Å². The third-order valence-electron chi connectivity index (χ3n) is 4.94. The summed E-state index contributed by atoms with van der Waals surface area (Å²) >= 11 is 1.75. The lowest BCUT2D eigenvalue weighted by Gasteiger charge is -2.48. The van der Waals surface area contributed by atoms with Crippen LogP contribution in [0.3, 0.4) is 0 Å². The average Bonchev–Trinajstić information content (AvgIpc) is 2.85. The smallest absolute Gasteiger partial charge is 0.361 e. The van der Waals surface area contributed by atoms with Crippen LogP contribution in [0.5, 0.6) is 0 Å². The Labute approximate surface area is 137 Å². The molecule has 2 heterocycles. The number of quaternary nitrogens is 1. The summed E-state index contributed by atoms with van der Waals surface area (Å²) in [6, 6.07) is 0. The molecule has 2 aliphatic heterocycles. The van der Waals surface area contributed by atoms with Gasteiger partial charge in [0.2, 0.25) is 5.91 Å². The Hall–Kier alpha value is -0.750. The number of hydrogen-bond acceptors (Lipinski definition) is 4. The van der Waals surface area contributed by atoms with Crippen LogP contribution < -0.4 is 4.90 Å². The molecule has 2 fully saturated rings. The van der Waals surface area contributed by atoms with Crippen LogP contribution in [0, 0.1) is 0 Å². The Kier molecular flexibility index (Phi) is 6.15. The summed E-state index contributed by atoms with van der Waals surface area (Å²) in [5.41, 5.74) is -0.0585. The van der Waals surface area contributed by atoms with Crippen LogP contribution in [0.4, 0.5) is 0 Å². The number of nitrogens with one attached hydrogen (secondary N) is 1. The van der Waals surface area contributed by atoms with Gasteiger partial charge in [0.25, 0.3) is 0 Å². The van der Waals surface area contributed by atoms with Crippen LogP contribution in [0.1, 0.15) is 46.5 Å². The molecule has 0 saturated carbocycles. The maximum Gasteiger partial charge on any atom is 0.361 e. The molecule has 0 bridgehead atoms. The summed E-state index contributed by atoms with van der Waals surface area (Å²) in [7, 11) is 0. The first-order valence-corrected chi connectivity index (χ1v) is 9.49. The molecule has 0 aliphatic carbocycles. The number of fused-ring (bicyclic) bond motifs is 1. The first kappa shape index (κ1) is 17.6. The Morgan fingerprint density at radius 3 is 2.91 bits per heavy atom. The van der Waals surface area contributed by atoms with Crippen LogP contribution in [-0.2, 0) is 14.3 Å². The third kappa shape index (κ3) is 3.59. The van der Waals surface area contributed by atoms with Crippen molar-refractivity contribution in [3.63, 3.8) is 0 Å². The standard InChI is InChI=1S/C16H28N2O3S/c1-4-6-7-8-16(3)15-18(13(19)12-22-15)10-9-17(16)11-14(20)21-5-2/h15H,4-12H2,1-3H3/p+1/t15-,16-/m0/s1. The van der Waals surface area contributed by atoms with Crippen molar-refractivity contribution in [2.24, 2.45) is 0 Å². The number of nitrogens with zero attached hydrogens (tertiary/aromatic N) is 1. The number of rotatable bonds is 7. The van der Waals surface area contributed by atoms with Crippen molar-refractivity contribution in [2.45, 2.75) is 57.4 Å². The molecular formula is C16H29N2O3S+. The van der Waals surface area contributed by atoms with Gasteiger partial charge in [-0.1, -0.05) is 19.8 Å². The summed E-state index contributed by atoms with van der Waals surface area (Å²) in [4.78, 5) is 27.3. The van der Waals surface area contributed by atoms with Crippen LogP contribution in [-0.4, -0.2) is 59.7 Å². The Morgan fingerprint density at radius 1 is 1.45 bits per heavy atom. The number of hydrogen-bond donors (Lipinski definition) is 1. The van der Waals surface area contributed by atoms with Gasteiger partial charge in [-0.25, -0.2) is 4.79 Å². The molecular weight excluding hydrogens is 300 g/mol. The minimum absolute atomic E-state index is 0.0585. The molecule has 6 heteroatoms. The normalized spacial score (nSPS) is 31.2. The monoisotopic (exact) mass is 329 g/mol. The van der Waals surface area contributed by atoms with E-state index >= 15 is 0 Å². The average molecular weight is 329 g/mol. The number of unbranched alkanes of at least 4 members (excludes halogenated alkanes) is 2. The van der Waals surface area contributed by atoms with Crippen LogP contribution in [0.25, 0.3) is 0 Å². The molecule has 1 unspecified atom stereocenters. The predicted octanol–water partition coefficient (Wildman–Crippen LogP) is 0.689. The maximum atomic E-state index is 12.1. The van der Waals surface area contributed by atoms with Gasteiger partial charge in [0, 0.05) is 6.42 Å². The molecule has 0 radical (unpaired) electrons. The first-order valence-electron chi connectivity index (χ1n) is 8.44. The number of esters is 1. The second-order valence-electron chi connectivity index (χ2n) is 6.46. The highest BCUT2D eigenvalue weighted by atomic mass is 32.2. The molecule has 22 heavy (non-hydrogen) atoms. The molecule has 0 aromatic carbocycles. The number of thioether (sulfide) groups is 1. The van der Waals surface area contributed by atoms with Gasteiger partial charge in [-0.05, 0) is 20.3 Å². The number of ether oxygens (including phenoxy) is 1. The lowest BCUT2D eigenvalue weighted by molar-refractivity contribution is -0.950. The van der Waals surface area contributed by atoms with Gasteiger partial charge < -0.3 is 14.5 Å². The van der Waals surface area contributed by atoms with Crippen molar-refractivity contribution in [1.29, 1.82) is 0 Å². The molecule has 0 spiro atoms. The fraction of sp³-hybridized carbons (Fsp3) is 0.875. The van der Waals surface area contributed by atoms with E-state index in [4.69, 9.17) is 4.74 Å². The molecule has 1 amide bonds. The van der Waals surface area contributed by atoms with Gasteiger partial charge in [-0.15, -0.1) is 11.8 Å². The molecule has 0 aromatic heterocycles. The lowest BCUT2D eigenvalue weighted by Crippen LogP contribution is -3.24. The van der Waals surface area contributed by atoms with Crippen molar-refractivity contribution >= 4 is 23.6 Å². The molecule has 5 nitrogen and oxygen atoms in total. The zero-order valence-electron chi connectivity index (χ0n) is 14.0. The maximum absolute atomic E-state index is 12.1.